The zero-order valence-electron chi connectivity index (χ0n) is 11.3. The minimum absolute atomic E-state index is 0.140. The van der Waals surface area contributed by atoms with Crippen molar-refractivity contribution in [3.63, 3.8) is 0 Å². The third-order valence-electron chi connectivity index (χ3n) is 3.89. The Balaban J connectivity index is 1.82. The molecule has 1 aromatic rings. The second-order valence-electron chi connectivity index (χ2n) is 5.10. The monoisotopic (exact) mass is 280 g/mol. The molecule has 0 saturated carbocycles. The Kier molecular flexibility index (Phi) is 4.83. The van der Waals surface area contributed by atoms with Gasteiger partial charge in [0, 0.05) is 11.6 Å². The lowest BCUT2D eigenvalue weighted by molar-refractivity contribution is -0.127. The number of hydrogen-bond acceptors (Lipinski definition) is 2. The fourth-order valence-electron chi connectivity index (χ4n) is 2.60. The normalized spacial score (nSPS) is 22.4. The Labute approximate surface area is 119 Å². The first-order chi connectivity index (χ1) is 9.16. The summed E-state index contributed by atoms with van der Waals surface area (Å²) < 4.78 is 0. The average molecular weight is 281 g/mol. The first-order valence-electron chi connectivity index (χ1n) is 6.94. The van der Waals surface area contributed by atoms with Gasteiger partial charge in [0.1, 0.15) is 0 Å². The maximum absolute atomic E-state index is 12.2. The molecule has 2 rings (SSSR count). The maximum Gasteiger partial charge on any atom is 0.240 e. The molecule has 1 amide bonds. The van der Waals surface area contributed by atoms with E-state index in [1.807, 2.05) is 24.3 Å². The highest BCUT2D eigenvalue weighted by Gasteiger charge is 2.38. The van der Waals surface area contributed by atoms with Crippen LogP contribution in [0.15, 0.2) is 24.3 Å². The molecule has 2 N–H and O–H groups in total. The van der Waals surface area contributed by atoms with Gasteiger partial charge in [0.2, 0.25) is 5.91 Å². The van der Waals surface area contributed by atoms with E-state index in [9.17, 15) is 4.79 Å². The molecule has 1 atom stereocenters. The molecule has 1 aliphatic rings. The van der Waals surface area contributed by atoms with Crippen LogP contribution in [0.2, 0.25) is 5.02 Å². The number of carbonyl (C=O) groups excluding carboxylic acids is 1. The second-order valence-corrected chi connectivity index (χ2v) is 5.53. The summed E-state index contributed by atoms with van der Waals surface area (Å²) in [7, 11) is 0. The molecule has 1 aliphatic heterocycles. The summed E-state index contributed by atoms with van der Waals surface area (Å²) in [5, 5.41) is 7.13. The fourth-order valence-corrected chi connectivity index (χ4v) is 2.73. The summed E-state index contributed by atoms with van der Waals surface area (Å²) in [4.78, 5) is 12.2. The lowest BCUT2D eigenvalue weighted by Crippen LogP contribution is -2.53. The molecule has 1 aromatic carbocycles. The fraction of sp³-hybridized carbons (Fsp3) is 0.533. The van der Waals surface area contributed by atoms with Crippen LogP contribution in [0.4, 0.5) is 0 Å². The Morgan fingerprint density at radius 1 is 1.42 bits per heavy atom. The van der Waals surface area contributed by atoms with Gasteiger partial charge in [-0.25, -0.2) is 0 Å². The molecule has 0 bridgehead atoms. The van der Waals surface area contributed by atoms with Gasteiger partial charge in [0.25, 0.3) is 0 Å². The number of hydrogen-bond donors (Lipinski definition) is 2. The maximum atomic E-state index is 12.2. The molecule has 1 heterocycles. The topological polar surface area (TPSA) is 41.1 Å². The minimum atomic E-state index is -0.333. The van der Waals surface area contributed by atoms with Crippen LogP contribution in [0, 0.1) is 0 Å². The van der Waals surface area contributed by atoms with E-state index in [2.05, 4.69) is 17.6 Å². The van der Waals surface area contributed by atoms with Crippen molar-refractivity contribution in [1.82, 2.24) is 10.6 Å². The van der Waals surface area contributed by atoms with Gasteiger partial charge in [0.15, 0.2) is 0 Å². The van der Waals surface area contributed by atoms with Gasteiger partial charge in [-0.1, -0.05) is 30.7 Å². The molecule has 1 saturated heterocycles. The van der Waals surface area contributed by atoms with Crippen LogP contribution in [0.25, 0.3) is 0 Å². The number of benzene rings is 1. The van der Waals surface area contributed by atoms with E-state index in [1.54, 1.807) is 0 Å². The lowest BCUT2D eigenvalue weighted by Gasteiger charge is -2.26. The molecular formula is C15H21ClN2O. The predicted octanol–water partition coefficient (Wildman–Crippen LogP) is 2.53. The Bertz CT molecular complexity index is 424. The van der Waals surface area contributed by atoms with E-state index in [4.69, 9.17) is 11.6 Å². The molecule has 0 aromatic heterocycles. The number of halogens is 1. The highest BCUT2D eigenvalue weighted by atomic mass is 35.5. The van der Waals surface area contributed by atoms with Gasteiger partial charge >= 0.3 is 0 Å². The van der Waals surface area contributed by atoms with E-state index >= 15 is 0 Å². The van der Waals surface area contributed by atoms with E-state index in [1.165, 1.54) is 5.56 Å². The molecular weight excluding hydrogens is 260 g/mol. The molecule has 0 spiro atoms. The molecule has 1 unspecified atom stereocenters. The van der Waals surface area contributed by atoms with Crippen molar-refractivity contribution in [2.24, 2.45) is 0 Å². The summed E-state index contributed by atoms with van der Waals surface area (Å²) in [5.74, 6) is 0.140. The van der Waals surface area contributed by atoms with Gasteiger partial charge < -0.3 is 10.6 Å². The van der Waals surface area contributed by atoms with Crippen LogP contribution in [0.5, 0.6) is 0 Å². The minimum Gasteiger partial charge on any atom is -0.354 e. The van der Waals surface area contributed by atoms with Crippen molar-refractivity contribution in [3.05, 3.63) is 34.9 Å². The van der Waals surface area contributed by atoms with Gasteiger partial charge in [-0.2, -0.15) is 0 Å². The van der Waals surface area contributed by atoms with Crippen LogP contribution < -0.4 is 10.6 Å². The Morgan fingerprint density at radius 3 is 2.74 bits per heavy atom. The number of amides is 1. The van der Waals surface area contributed by atoms with Crippen molar-refractivity contribution >= 4 is 17.5 Å². The molecule has 0 radical (unpaired) electrons. The number of rotatable bonds is 5. The first-order valence-corrected chi connectivity index (χ1v) is 7.32. The third-order valence-corrected chi connectivity index (χ3v) is 4.15. The van der Waals surface area contributed by atoms with Crippen LogP contribution in [0.1, 0.15) is 31.7 Å². The van der Waals surface area contributed by atoms with Gasteiger partial charge in [-0.05, 0) is 49.9 Å². The van der Waals surface area contributed by atoms with E-state index < -0.39 is 0 Å². The quantitative estimate of drug-likeness (QED) is 0.870. The summed E-state index contributed by atoms with van der Waals surface area (Å²) in [6.45, 7) is 3.68. The van der Waals surface area contributed by atoms with Gasteiger partial charge in [-0.3, -0.25) is 4.79 Å². The van der Waals surface area contributed by atoms with Crippen LogP contribution in [-0.2, 0) is 11.2 Å². The number of carbonyl (C=O) groups is 1. The van der Waals surface area contributed by atoms with Gasteiger partial charge in [0.05, 0.1) is 5.54 Å². The van der Waals surface area contributed by atoms with E-state index in [-0.39, 0.29) is 11.4 Å². The van der Waals surface area contributed by atoms with Crippen molar-refractivity contribution in [2.45, 2.75) is 38.1 Å². The highest BCUT2D eigenvalue weighted by molar-refractivity contribution is 6.30. The van der Waals surface area contributed by atoms with Crippen molar-refractivity contribution < 1.29 is 4.79 Å². The zero-order chi connectivity index (χ0) is 13.7. The lowest BCUT2D eigenvalue weighted by atomic mass is 9.93. The third kappa shape index (κ3) is 3.48. The van der Waals surface area contributed by atoms with Crippen molar-refractivity contribution in [1.29, 1.82) is 0 Å². The summed E-state index contributed by atoms with van der Waals surface area (Å²) >= 11 is 5.84. The second kappa shape index (κ2) is 6.40. The van der Waals surface area contributed by atoms with E-state index in [0.29, 0.717) is 6.54 Å². The van der Waals surface area contributed by atoms with Crippen molar-refractivity contribution in [2.75, 3.05) is 13.1 Å². The van der Waals surface area contributed by atoms with Crippen LogP contribution in [-0.4, -0.2) is 24.5 Å². The van der Waals surface area contributed by atoms with Crippen LogP contribution >= 0.6 is 11.6 Å². The molecule has 104 valence electrons. The highest BCUT2D eigenvalue weighted by Crippen LogP contribution is 2.22. The average Bonchev–Trinajstić information content (AvgIpc) is 2.91. The summed E-state index contributed by atoms with van der Waals surface area (Å²) in [6.07, 6.45) is 3.71. The summed E-state index contributed by atoms with van der Waals surface area (Å²) in [6, 6.07) is 7.76. The van der Waals surface area contributed by atoms with Gasteiger partial charge in [-0.15, -0.1) is 0 Å². The molecule has 3 nitrogen and oxygen atoms in total. The Morgan fingerprint density at radius 2 is 2.16 bits per heavy atom. The number of nitrogens with one attached hydrogen (secondary N) is 2. The first kappa shape index (κ1) is 14.4. The van der Waals surface area contributed by atoms with Crippen LogP contribution in [0.3, 0.4) is 0 Å². The predicted molar refractivity (Wildman–Crippen MR) is 78.4 cm³/mol. The molecule has 4 heteroatoms. The molecule has 1 fully saturated rings. The zero-order valence-corrected chi connectivity index (χ0v) is 12.1. The van der Waals surface area contributed by atoms with Crippen molar-refractivity contribution in [3.8, 4) is 0 Å². The Hall–Kier alpha value is -1.06. The SMILES string of the molecule is CCC1(C(=O)NCCc2ccc(Cl)cc2)CCCN1. The molecule has 0 aliphatic carbocycles. The standard InChI is InChI=1S/C15H21ClN2O/c1-2-15(9-3-10-18-15)14(19)17-11-8-12-4-6-13(16)7-5-12/h4-7,18H,2-3,8-11H2,1H3,(H,17,19). The van der Waals surface area contributed by atoms with E-state index in [0.717, 1.165) is 37.3 Å². The largest absolute Gasteiger partial charge is 0.354 e. The smallest absolute Gasteiger partial charge is 0.240 e. The summed E-state index contributed by atoms with van der Waals surface area (Å²) in [5.41, 5.74) is 0.856. The molecule has 19 heavy (non-hydrogen) atoms.